The van der Waals surface area contributed by atoms with Gasteiger partial charge in [0.05, 0.1) is 6.20 Å². The number of halogens is 1. The zero-order valence-electron chi connectivity index (χ0n) is 9.78. The van der Waals surface area contributed by atoms with E-state index in [4.69, 9.17) is 9.88 Å². The lowest BCUT2D eigenvalue weighted by Crippen LogP contribution is -2.12. The van der Waals surface area contributed by atoms with Crippen LogP contribution in [-0.4, -0.2) is 13.4 Å². The van der Waals surface area contributed by atoms with Gasteiger partial charge in [0.15, 0.2) is 0 Å². The Morgan fingerprint density at radius 2 is 1.84 bits per heavy atom. The first-order chi connectivity index (χ1) is 8.95. The first kappa shape index (κ1) is 14.0. The molecule has 0 spiro atoms. The van der Waals surface area contributed by atoms with Gasteiger partial charge in [-0.25, -0.2) is 18.5 Å². The van der Waals surface area contributed by atoms with Gasteiger partial charge in [-0.3, -0.25) is 0 Å². The minimum absolute atomic E-state index is 0.0384. The predicted octanol–water partition coefficient (Wildman–Crippen LogP) is 2.07. The highest BCUT2D eigenvalue weighted by molar-refractivity contribution is 9.10. The molecule has 0 saturated heterocycles. The Kier molecular flexibility index (Phi) is 4.18. The second-order valence-corrected chi connectivity index (χ2v) is 6.27. The van der Waals surface area contributed by atoms with Crippen molar-refractivity contribution in [2.24, 2.45) is 5.14 Å². The third-order valence-electron chi connectivity index (χ3n) is 2.34. The van der Waals surface area contributed by atoms with E-state index in [0.29, 0.717) is 12.5 Å². The van der Waals surface area contributed by atoms with Crippen molar-refractivity contribution >= 4 is 26.0 Å². The first-order valence-electron chi connectivity index (χ1n) is 5.31. The van der Waals surface area contributed by atoms with Crippen molar-refractivity contribution in [3.05, 3.63) is 52.6 Å². The topological polar surface area (TPSA) is 82.3 Å². The highest BCUT2D eigenvalue weighted by Crippen LogP contribution is 2.14. The van der Waals surface area contributed by atoms with Crippen molar-refractivity contribution in [2.45, 2.75) is 11.5 Å². The molecule has 0 amide bonds. The zero-order valence-corrected chi connectivity index (χ0v) is 12.2. The van der Waals surface area contributed by atoms with Crippen LogP contribution < -0.4 is 9.88 Å². The summed E-state index contributed by atoms with van der Waals surface area (Å²) < 4.78 is 28.5. The Morgan fingerprint density at radius 1 is 1.16 bits per heavy atom. The summed E-state index contributed by atoms with van der Waals surface area (Å²) in [6.07, 6.45) is 1.17. The van der Waals surface area contributed by atoms with Crippen LogP contribution in [0.3, 0.4) is 0 Å². The summed E-state index contributed by atoms with van der Waals surface area (Å²) in [4.78, 5) is 3.85. The number of pyridine rings is 1. The normalized spacial score (nSPS) is 11.3. The van der Waals surface area contributed by atoms with E-state index in [1.165, 1.54) is 18.3 Å². The van der Waals surface area contributed by atoms with Gasteiger partial charge in [-0.2, -0.15) is 0 Å². The molecular weight excluding hydrogens is 332 g/mol. The fourth-order valence-corrected chi connectivity index (χ4v) is 2.08. The summed E-state index contributed by atoms with van der Waals surface area (Å²) >= 11 is 3.35. The van der Waals surface area contributed by atoms with Crippen molar-refractivity contribution in [2.75, 3.05) is 0 Å². The van der Waals surface area contributed by atoms with Gasteiger partial charge in [-0.1, -0.05) is 28.1 Å². The summed E-state index contributed by atoms with van der Waals surface area (Å²) in [5.74, 6) is 0.343. The van der Waals surface area contributed by atoms with E-state index in [9.17, 15) is 8.42 Å². The molecule has 1 aromatic carbocycles. The molecule has 19 heavy (non-hydrogen) atoms. The third kappa shape index (κ3) is 4.02. The van der Waals surface area contributed by atoms with Gasteiger partial charge >= 0.3 is 0 Å². The predicted molar refractivity (Wildman–Crippen MR) is 74.1 cm³/mol. The summed E-state index contributed by atoms with van der Waals surface area (Å²) in [5, 5.41) is 4.97. The monoisotopic (exact) mass is 342 g/mol. The Balaban J connectivity index is 2.02. The molecule has 100 valence electrons. The molecule has 0 radical (unpaired) electrons. The van der Waals surface area contributed by atoms with Crippen molar-refractivity contribution in [3.8, 4) is 5.88 Å². The molecule has 0 aliphatic heterocycles. The van der Waals surface area contributed by atoms with Crippen molar-refractivity contribution in [3.63, 3.8) is 0 Å². The molecule has 2 aromatic rings. The van der Waals surface area contributed by atoms with Crippen LogP contribution >= 0.6 is 15.9 Å². The van der Waals surface area contributed by atoms with Gasteiger partial charge in [0.1, 0.15) is 11.5 Å². The second-order valence-electron chi connectivity index (χ2n) is 3.79. The standard InChI is InChI=1S/C12H11BrN2O3S/c13-10-3-1-9(2-4-10)8-18-12-6-5-11(7-15-12)19(14,16)17/h1-7H,8H2,(H2,14,16,17). The molecule has 0 atom stereocenters. The Morgan fingerprint density at radius 3 is 2.37 bits per heavy atom. The molecule has 7 heteroatoms. The Bertz CT molecular complexity index is 654. The SMILES string of the molecule is NS(=O)(=O)c1ccc(OCc2ccc(Br)cc2)nc1. The van der Waals surface area contributed by atoms with Crippen LogP contribution in [-0.2, 0) is 16.6 Å². The zero-order chi connectivity index (χ0) is 13.9. The van der Waals surface area contributed by atoms with Gasteiger partial charge in [-0.05, 0) is 23.8 Å². The minimum Gasteiger partial charge on any atom is -0.473 e. The second kappa shape index (κ2) is 5.68. The van der Waals surface area contributed by atoms with E-state index in [1.807, 2.05) is 24.3 Å². The quantitative estimate of drug-likeness (QED) is 0.921. The highest BCUT2D eigenvalue weighted by Gasteiger charge is 2.08. The Hall–Kier alpha value is -1.44. The summed E-state index contributed by atoms with van der Waals surface area (Å²) in [5.41, 5.74) is 0.987. The number of nitrogens with two attached hydrogens (primary N) is 1. The van der Waals surface area contributed by atoms with E-state index in [0.717, 1.165) is 10.0 Å². The first-order valence-corrected chi connectivity index (χ1v) is 7.65. The number of primary sulfonamides is 1. The van der Waals surface area contributed by atoms with E-state index < -0.39 is 10.0 Å². The molecule has 0 unspecified atom stereocenters. The van der Waals surface area contributed by atoms with Crippen LogP contribution in [0.5, 0.6) is 5.88 Å². The molecular formula is C12H11BrN2O3S. The fraction of sp³-hybridized carbons (Fsp3) is 0.0833. The van der Waals surface area contributed by atoms with Gasteiger partial charge in [0.25, 0.3) is 0 Å². The number of aromatic nitrogens is 1. The molecule has 0 bridgehead atoms. The van der Waals surface area contributed by atoms with Crippen LogP contribution in [0.25, 0.3) is 0 Å². The maximum atomic E-state index is 11.0. The molecule has 2 N–H and O–H groups in total. The van der Waals surface area contributed by atoms with Gasteiger partial charge < -0.3 is 4.74 Å². The number of hydrogen-bond donors (Lipinski definition) is 1. The maximum absolute atomic E-state index is 11.0. The molecule has 0 aliphatic carbocycles. The van der Waals surface area contributed by atoms with Gasteiger partial charge in [-0.15, -0.1) is 0 Å². The summed E-state index contributed by atoms with van der Waals surface area (Å²) in [6.45, 7) is 0.356. The molecule has 1 heterocycles. The lowest BCUT2D eigenvalue weighted by atomic mass is 10.2. The maximum Gasteiger partial charge on any atom is 0.239 e. The lowest BCUT2D eigenvalue weighted by molar-refractivity contribution is 0.293. The minimum atomic E-state index is -3.71. The third-order valence-corrected chi connectivity index (χ3v) is 3.76. The summed E-state index contributed by atoms with van der Waals surface area (Å²) in [6, 6.07) is 10.5. The molecule has 1 aromatic heterocycles. The smallest absolute Gasteiger partial charge is 0.239 e. The van der Waals surface area contributed by atoms with Gasteiger partial charge in [0.2, 0.25) is 15.9 Å². The number of hydrogen-bond acceptors (Lipinski definition) is 4. The lowest BCUT2D eigenvalue weighted by Gasteiger charge is -2.06. The fourth-order valence-electron chi connectivity index (χ4n) is 1.36. The average Bonchev–Trinajstić information content (AvgIpc) is 2.37. The van der Waals surface area contributed by atoms with Crippen LogP contribution in [0.4, 0.5) is 0 Å². The van der Waals surface area contributed by atoms with Crippen molar-refractivity contribution in [1.29, 1.82) is 0 Å². The largest absolute Gasteiger partial charge is 0.473 e. The molecule has 0 saturated carbocycles. The van der Waals surface area contributed by atoms with Crippen LogP contribution in [0.15, 0.2) is 52.0 Å². The van der Waals surface area contributed by atoms with Crippen LogP contribution in [0.2, 0.25) is 0 Å². The average molecular weight is 343 g/mol. The van der Waals surface area contributed by atoms with Crippen molar-refractivity contribution < 1.29 is 13.2 Å². The van der Waals surface area contributed by atoms with Crippen molar-refractivity contribution in [1.82, 2.24) is 4.98 Å². The molecule has 2 rings (SSSR count). The van der Waals surface area contributed by atoms with E-state index in [1.54, 1.807) is 0 Å². The number of nitrogens with zero attached hydrogens (tertiary/aromatic N) is 1. The van der Waals surface area contributed by atoms with E-state index in [2.05, 4.69) is 20.9 Å². The number of benzene rings is 1. The van der Waals surface area contributed by atoms with E-state index >= 15 is 0 Å². The molecule has 5 nitrogen and oxygen atoms in total. The highest BCUT2D eigenvalue weighted by atomic mass is 79.9. The van der Waals surface area contributed by atoms with Crippen LogP contribution in [0, 0.1) is 0 Å². The number of rotatable bonds is 4. The van der Waals surface area contributed by atoms with Crippen LogP contribution in [0.1, 0.15) is 5.56 Å². The van der Waals surface area contributed by atoms with Gasteiger partial charge in [0, 0.05) is 10.5 Å². The Labute approximate surface area is 119 Å². The number of sulfonamides is 1. The molecule has 0 fully saturated rings. The number of ether oxygens (including phenoxy) is 1. The summed E-state index contributed by atoms with van der Waals surface area (Å²) in [7, 11) is -3.71. The van der Waals surface area contributed by atoms with E-state index in [-0.39, 0.29) is 4.90 Å². The molecule has 0 aliphatic rings.